The SMILES string of the molecule is CC(C)=CCCC1(C)CCCC2(C)C(Cc3cc(C)ccc3O)C(C)=CCC12. The van der Waals surface area contributed by atoms with E-state index in [0.717, 1.165) is 17.9 Å². The fraction of sp³-hybridized carbons (Fsp3) is 0.630. The van der Waals surface area contributed by atoms with Gasteiger partial charge in [0.05, 0.1) is 0 Å². The highest BCUT2D eigenvalue weighted by atomic mass is 16.3. The molecular formula is C27H40O. The van der Waals surface area contributed by atoms with E-state index in [2.05, 4.69) is 59.8 Å². The van der Waals surface area contributed by atoms with Crippen LogP contribution in [0.15, 0.2) is 41.5 Å². The summed E-state index contributed by atoms with van der Waals surface area (Å²) in [5.74, 6) is 1.73. The van der Waals surface area contributed by atoms with Crippen molar-refractivity contribution in [2.45, 2.75) is 86.5 Å². The molecule has 3 rings (SSSR count). The fourth-order valence-corrected chi connectivity index (χ4v) is 6.44. The number of fused-ring (bicyclic) bond motifs is 1. The van der Waals surface area contributed by atoms with Gasteiger partial charge in [0.1, 0.15) is 5.75 Å². The maximum atomic E-state index is 10.5. The lowest BCUT2D eigenvalue weighted by atomic mass is 9.47. The number of rotatable bonds is 5. The molecule has 28 heavy (non-hydrogen) atoms. The van der Waals surface area contributed by atoms with Crippen LogP contribution in [0.5, 0.6) is 5.75 Å². The van der Waals surface area contributed by atoms with Gasteiger partial charge in [-0.15, -0.1) is 0 Å². The normalized spacial score (nSPS) is 32.4. The highest BCUT2D eigenvalue weighted by Crippen LogP contribution is 2.61. The molecule has 1 N–H and O–H groups in total. The van der Waals surface area contributed by atoms with Crippen LogP contribution in [0.3, 0.4) is 0 Å². The maximum Gasteiger partial charge on any atom is 0.118 e. The summed E-state index contributed by atoms with van der Waals surface area (Å²) in [4.78, 5) is 0. The molecule has 1 nitrogen and oxygen atoms in total. The Bertz CT molecular complexity index is 766. The highest BCUT2D eigenvalue weighted by molar-refractivity contribution is 5.37. The summed E-state index contributed by atoms with van der Waals surface area (Å²) >= 11 is 0. The third-order valence-electron chi connectivity index (χ3n) is 8.05. The fourth-order valence-electron chi connectivity index (χ4n) is 6.44. The van der Waals surface area contributed by atoms with E-state index >= 15 is 0 Å². The number of phenolic OH excluding ortho intramolecular Hbond substituents is 1. The second-order valence-corrected chi connectivity index (χ2v) is 10.5. The van der Waals surface area contributed by atoms with Gasteiger partial charge in [-0.3, -0.25) is 0 Å². The van der Waals surface area contributed by atoms with Gasteiger partial charge in [-0.2, -0.15) is 0 Å². The average molecular weight is 381 g/mol. The standard InChI is InChI=1S/C27H40O/c1-19(2)9-7-14-26(5)15-8-16-27(6)23(21(4)11-13-25(26)27)18-22-17-20(3)10-12-24(22)28/h9-12,17,23,25,28H,7-8,13-16,18H2,1-6H3. The molecule has 1 saturated carbocycles. The zero-order valence-electron chi connectivity index (χ0n) is 18.9. The van der Waals surface area contributed by atoms with Gasteiger partial charge in [0.15, 0.2) is 0 Å². The molecule has 0 bridgehead atoms. The molecule has 1 fully saturated rings. The molecule has 2 aliphatic rings. The Kier molecular flexibility index (Phi) is 6.13. The highest BCUT2D eigenvalue weighted by Gasteiger charge is 2.53. The van der Waals surface area contributed by atoms with E-state index in [1.165, 1.54) is 55.2 Å². The first-order valence-corrected chi connectivity index (χ1v) is 11.2. The maximum absolute atomic E-state index is 10.5. The Labute approximate surface area is 172 Å². The van der Waals surface area contributed by atoms with Crippen LogP contribution in [-0.4, -0.2) is 5.11 Å². The molecule has 1 heteroatoms. The topological polar surface area (TPSA) is 20.2 Å². The van der Waals surface area contributed by atoms with Crippen molar-refractivity contribution < 1.29 is 5.11 Å². The van der Waals surface area contributed by atoms with Crippen molar-refractivity contribution in [1.82, 2.24) is 0 Å². The summed E-state index contributed by atoms with van der Waals surface area (Å²) in [7, 11) is 0. The first-order valence-electron chi connectivity index (χ1n) is 11.2. The van der Waals surface area contributed by atoms with Crippen LogP contribution in [0, 0.1) is 29.6 Å². The molecule has 4 atom stereocenters. The van der Waals surface area contributed by atoms with Crippen molar-refractivity contribution in [2.75, 3.05) is 0 Å². The molecule has 4 unspecified atom stereocenters. The average Bonchev–Trinajstić information content (AvgIpc) is 2.60. The Hall–Kier alpha value is -1.50. The Morgan fingerprint density at radius 1 is 1.18 bits per heavy atom. The summed E-state index contributed by atoms with van der Waals surface area (Å²) in [6.45, 7) is 14.0. The molecular weight excluding hydrogens is 340 g/mol. The van der Waals surface area contributed by atoms with Gasteiger partial charge in [0.25, 0.3) is 0 Å². The van der Waals surface area contributed by atoms with Crippen LogP contribution in [-0.2, 0) is 6.42 Å². The molecule has 0 aromatic heterocycles. The molecule has 1 aromatic carbocycles. The quantitative estimate of drug-likeness (QED) is 0.517. The van der Waals surface area contributed by atoms with E-state index in [1.54, 1.807) is 0 Å². The molecule has 0 radical (unpaired) electrons. The zero-order valence-corrected chi connectivity index (χ0v) is 18.9. The predicted molar refractivity (Wildman–Crippen MR) is 121 cm³/mol. The minimum absolute atomic E-state index is 0.326. The Morgan fingerprint density at radius 2 is 1.93 bits per heavy atom. The van der Waals surface area contributed by atoms with Gasteiger partial charge >= 0.3 is 0 Å². The Balaban J connectivity index is 1.90. The van der Waals surface area contributed by atoms with Crippen LogP contribution >= 0.6 is 0 Å². The van der Waals surface area contributed by atoms with E-state index in [4.69, 9.17) is 0 Å². The third-order valence-corrected chi connectivity index (χ3v) is 8.05. The van der Waals surface area contributed by atoms with E-state index in [0.29, 0.717) is 22.5 Å². The van der Waals surface area contributed by atoms with Crippen molar-refractivity contribution in [3.05, 3.63) is 52.6 Å². The van der Waals surface area contributed by atoms with Crippen molar-refractivity contribution in [2.24, 2.45) is 22.7 Å². The smallest absolute Gasteiger partial charge is 0.118 e. The molecule has 0 spiro atoms. The van der Waals surface area contributed by atoms with E-state index in [-0.39, 0.29) is 0 Å². The molecule has 2 aliphatic carbocycles. The minimum Gasteiger partial charge on any atom is -0.508 e. The predicted octanol–water partition coefficient (Wildman–Crippen LogP) is 7.77. The largest absolute Gasteiger partial charge is 0.508 e. The summed E-state index contributed by atoms with van der Waals surface area (Å²) in [5, 5.41) is 10.5. The number of aryl methyl sites for hydroxylation is 1. The van der Waals surface area contributed by atoms with Gasteiger partial charge < -0.3 is 5.11 Å². The van der Waals surface area contributed by atoms with Gasteiger partial charge in [0.2, 0.25) is 0 Å². The van der Waals surface area contributed by atoms with Crippen molar-refractivity contribution >= 4 is 0 Å². The van der Waals surface area contributed by atoms with E-state index in [9.17, 15) is 5.11 Å². The van der Waals surface area contributed by atoms with E-state index in [1.807, 2.05) is 12.1 Å². The van der Waals surface area contributed by atoms with Gasteiger partial charge in [0, 0.05) is 0 Å². The van der Waals surface area contributed by atoms with Crippen molar-refractivity contribution in [3.8, 4) is 5.75 Å². The second kappa shape index (κ2) is 8.09. The number of hydrogen-bond donors (Lipinski definition) is 1. The third kappa shape index (κ3) is 4.09. The first kappa shape index (κ1) is 21.2. The molecule has 0 amide bonds. The molecule has 0 aliphatic heterocycles. The van der Waals surface area contributed by atoms with Crippen LogP contribution in [0.2, 0.25) is 0 Å². The minimum atomic E-state index is 0.326. The van der Waals surface area contributed by atoms with Crippen molar-refractivity contribution in [1.29, 1.82) is 0 Å². The summed E-state index contributed by atoms with van der Waals surface area (Å²) in [6, 6.07) is 6.07. The van der Waals surface area contributed by atoms with Crippen LogP contribution < -0.4 is 0 Å². The lowest BCUT2D eigenvalue weighted by molar-refractivity contribution is -0.0506. The van der Waals surface area contributed by atoms with Gasteiger partial charge in [-0.25, -0.2) is 0 Å². The second-order valence-electron chi connectivity index (χ2n) is 10.5. The zero-order chi connectivity index (χ0) is 20.5. The summed E-state index contributed by atoms with van der Waals surface area (Å²) in [6.07, 6.45) is 13.7. The molecule has 1 aromatic rings. The van der Waals surface area contributed by atoms with Crippen LogP contribution in [0.4, 0.5) is 0 Å². The molecule has 0 heterocycles. The molecule has 154 valence electrons. The van der Waals surface area contributed by atoms with E-state index < -0.39 is 0 Å². The summed E-state index contributed by atoms with van der Waals surface area (Å²) in [5.41, 5.74) is 6.08. The van der Waals surface area contributed by atoms with Crippen molar-refractivity contribution in [3.63, 3.8) is 0 Å². The number of benzene rings is 1. The summed E-state index contributed by atoms with van der Waals surface area (Å²) < 4.78 is 0. The van der Waals surface area contributed by atoms with Crippen LogP contribution in [0.25, 0.3) is 0 Å². The monoisotopic (exact) mass is 380 g/mol. The van der Waals surface area contributed by atoms with Gasteiger partial charge in [-0.05, 0) is 101 Å². The van der Waals surface area contributed by atoms with Crippen LogP contribution in [0.1, 0.15) is 84.3 Å². The lowest BCUT2D eigenvalue weighted by Gasteiger charge is -2.58. The van der Waals surface area contributed by atoms with Gasteiger partial charge in [-0.1, -0.05) is 61.3 Å². The lowest BCUT2D eigenvalue weighted by Crippen LogP contribution is -2.50. The Morgan fingerprint density at radius 3 is 2.64 bits per heavy atom. The number of phenols is 1. The number of hydrogen-bond acceptors (Lipinski definition) is 1. The number of allylic oxidation sites excluding steroid dienone is 4. The molecule has 0 saturated heterocycles. The number of aromatic hydroxyl groups is 1. The first-order chi connectivity index (χ1) is 13.2.